The van der Waals surface area contributed by atoms with Crippen LogP contribution in [0.5, 0.6) is 0 Å². The lowest BCUT2D eigenvalue weighted by Crippen LogP contribution is -2.40. The maximum Gasteiger partial charge on any atom is 0.290 e. The van der Waals surface area contributed by atoms with Crippen molar-refractivity contribution in [3.63, 3.8) is 0 Å². The zero-order chi connectivity index (χ0) is 22.9. The number of aromatic nitrogens is 4. The van der Waals surface area contributed by atoms with Crippen molar-refractivity contribution in [3.8, 4) is 0 Å². The first-order valence-corrected chi connectivity index (χ1v) is 10.5. The highest BCUT2D eigenvalue weighted by atomic mass is 16.5. The fraction of sp³-hybridized carbons (Fsp3) is 0.429. The number of nitrogens with zero attached hydrogens (tertiary/aromatic N) is 3. The maximum absolute atomic E-state index is 12.5. The molecule has 0 atom stereocenters. The molecule has 4 N–H and O–H groups in total. The second kappa shape index (κ2) is 11.0. The van der Waals surface area contributed by atoms with Crippen molar-refractivity contribution in [2.75, 3.05) is 0 Å². The normalized spacial score (nSPS) is 17.8. The van der Waals surface area contributed by atoms with Gasteiger partial charge in [-0.15, -0.1) is 0 Å². The van der Waals surface area contributed by atoms with Gasteiger partial charge < -0.3 is 25.2 Å². The molecular weight excluding hydrogens is 416 g/mol. The van der Waals surface area contributed by atoms with Gasteiger partial charge in [0.1, 0.15) is 11.3 Å². The Morgan fingerprint density at radius 2 is 2.06 bits per heavy atom. The number of fused-ring (bicyclic) bond motifs is 1. The van der Waals surface area contributed by atoms with E-state index in [0.29, 0.717) is 29.5 Å². The minimum absolute atomic E-state index is 0.00674. The highest BCUT2D eigenvalue weighted by Gasteiger charge is 2.27. The molecule has 0 saturated heterocycles. The van der Waals surface area contributed by atoms with Gasteiger partial charge in [0.25, 0.3) is 12.4 Å². The number of hydrogen-bond acceptors (Lipinski definition) is 7. The van der Waals surface area contributed by atoms with Crippen LogP contribution in [0, 0.1) is 5.92 Å². The molecule has 0 aromatic carbocycles. The van der Waals surface area contributed by atoms with Crippen LogP contribution in [0.15, 0.2) is 28.9 Å². The number of nitrogens with one attached hydrogen (secondary N) is 3. The largest absolute Gasteiger partial charge is 0.483 e. The Balaban J connectivity index is 0.000000913. The second-order valence-electron chi connectivity index (χ2n) is 7.43. The third-order valence-corrected chi connectivity index (χ3v) is 5.31. The lowest BCUT2D eigenvalue weighted by Gasteiger charge is -2.28. The number of H-pyrrole nitrogens is 1. The Labute approximate surface area is 184 Å². The Hall–Kier alpha value is -3.76. The first-order chi connectivity index (χ1) is 15.5. The van der Waals surface area contributed by atoms with E-state index in [-0.39, 0.29) is 36.8 Å². The Kier molecular flexibility index (Phi) is 7.90. The topological polar surface area (TPSA) is 163 Å². The fourth-order valence-electron chi connectivity index (χ4n) is 3.66. The van der Waals surface area contributed by atoms with Crippen LogP contribution in [0.2, 0.25) is 0 Å². The number of carboxylic acid groups (broad SMARTS) is 1. The molecule has 3 heterocycles. The van der Waals surface area contributed by atoms with Crippen molar-refractivity contribution in [3.05, 3.63) is 41.8 Å². The minimum atomic E-state index is -0.250. The summed E-state index contributed by atoms with van der Waals surface area (Å²) in [6, 6.07) is 5.62. The quantitative estimate of drug-likeness (QED) is 0.420. The Morgan fingerprint density at radius 3 is 2.72 bits per heavy atom. The van der Waals surface area contributed by atoms with E-state index in [1.165, 1.54) is 0 Å². The minimum Gasteiger partial charge on any atom is -0.483 e. The van der Waals surface area contributed by atoms with Gasteiger partial charge in [0.2, 0.25) is 11.8 Å². The summed E-state index contributed by atoms with van der Waals surface area (Å²) in [5, 5.41) is 17.5. The molecule has 32 heavy (non-hydrogen) atoms. The Morgan fingerprint density at radius 1 is 1.31 bits per heavy atom. The number of rotatable bonds is 6. The van der Waals surface area contributed by atoms with Crippen LogP contribution >= 0.6 is 0 Å². The van der Waals surface area contributed by atoms with E-state index in [1.54, 1.807) is 12.3 Å². The maximum atomic E-state index is 12.5. The molecular formula is C21H26N6O5. The van der Waals surface area contributed by atoms with Crippen LogP contribution in [0.3, 0.4) is 0 Å². The third-order valence-electron chi connectivity index (χ3n) is 5.31. The van der Waals surface area contributed by atoms with Crippen LogP contribution in [0.1, 0.15) is 54.8 Å². The van der Waals surface area contributed by atoms with Crippen LogP contribution in [-0.2, 0) is 22.6 Å². The van der Waals surface area contributed by atoms with Gasteiger partial charge in [-0.2, -0.15) is 4.98 Å². The van der Waals surface area contributed by atoms with E-state index in [0.717, 1.165) is 31.1 Å². The third kappa shape index (κ3) is 5.90. The molecule has 2 amide bonds. The summed E-state index contributed by atoms with van der Waals surface area (Å²) in [5.41, 5.74) is 1.20. The summed E-state index contributed by atoms with van der Waals surface area (Å²) in [6.07, 6.45) is 5.38. The van der Waals surface area contributed by atoms with Gasteiger partial charge in [-0.1, -0.05) is 12.1 Å². The van der Waals surface area contributed by atoms with Crippen molar-refractivity contribution in [2.45, 2.75) is 51.6 Å². The van der Waals surface area contributed by atoms with Crippen LogP contribution in [0.25, 0.3) is 11.0 Å². The zero-order valence-corrected chi connectivity index (χ0v) is 17.7. The van der Waals surface area contributed by atoms with E-state index in [4.69, 9.17) is 14.4 Å². The molecule has 1 aliphatic carbocycles. The molecule has 1 saturated carbocycles. The van der Waals surface area contributed by atoms with Gasteiger partial charge >= 0.3 is 0 Å². The van der Waals surface area contributed by atoms with Gasteiger partial charge in [0, 0.05) is 30.0 Å². The highest BCUT2D eigenvalue weighted by molar-refractivity contribution is 5.97. The molecule has 0 spiro atoms. The van der Waals surface area contributed by atoms with Crippen molar-refractivity contribution >= 4 is 29.3 Å². The molecule has 11 nitrogen and oxygen atoms in total. The molecule has 11 heteroatoms. The number of pyridine rings is 1. The molecule has 0 unspecified atom stereocenters. The number of hydrogen-bond donors (Lipinski definition) is 4. The van der Waals surface area contributed by atoms with E-state index in [1.807, 2.05) is 19.1 Å². The van der Waals surface area contributed by atoms with Crippen molar-refractivity contribution < 1.29 is 24.0 Å². The smallest absolute Gasteiger partial charge is 0.290 e. The highest BCUT2D eigenvalue weighted by Crippen LogP contribution is 2.25. The molecule has 3 aromatic heterocycles. The SMILES string of the molecule is CCc1noc(CNC(=O)C2CCC(NC(=O)c3cc4cccnc4[nH]3)CC2)n1.O=CO. The fourth-order valence-corrected chi connectivity index (χ4v) is 3.66. The summed E-state index contributed by atoms with van der Waals surface area (Å²) in [6.45, 7) is 1.94. The average molecular weight is 442 g/mol. The van der Waals surface area contributed by atoms with Crippen molar-refractivity contribution in [1.82, 2.24) is 30.7 Å². The molecule has 4 rings (SSSR count). The van der Waals surface area contributed by atoms with Crippen molar-refractivity contribution in [1.29, 1.82) is 0 Å². The summed E-state index contributed by atoms with van der Waals surface area (Å²) in [7, 11) is 0. The van der Waals surface area contributed by atoms with Crippen molar-refractivity contribution in [2.24, 2.45) is 5.92 Å². The summed E-state index contributed by atoms with van der Waals surface area (Å²) < 4.78 is 5.09. The standard InChI is InChI=1S/C20H24N6O3.CH2O2/c1-2-16-25-17(29-26-16)11-22-19(27)12-5-7-14(8-6-12)23-20(28)15-10-13-4-3-9-21-18(13)24-15;2-1-3/h3-4,9-10,12,14H,2,5-8,11H2,1H3,(H,21,24)(H,22,27)(H,23,28);1H,(H,2,3). The van der Waals surface area contributed by atoms with Crippen LogP contribution < -0.4 is 10.6 Å². The zero-order valence-electron chi connectivity index (χ0n) is 17.7. The number of carbonyl (C=O) groups is 3. The number of carbonyl (C=O) groups excluding carboxylic acids is 2. The summed E-state index contributed by atoms with van der Waals surface area (Å²) in [4.78, 5) is 44.7. The van der Waals surface area contributed by atoms with Gasteiger partial charge in [-0.05, 0) is 43.9 Å². The monoisotopic (exact) mass is 442 g/mol. The van der Waals surface area contributed by atoms with Crippen LogP contribution in [0.4, 0.5) is 0 Å². The molecule has 1 fully saturated rings. The number of amides is 2. The summed E-state index contributed by atoms with van der Waals surface area (Å²) >= 11 is 0. The lowest BCUT2D eigenvalue weighted by atomic mass is 9.85. The van der Waals surface area contributed by atoms with E-state index >= 15 is 0 Å². The first-order valence-electron chi connectivity index (χ1n) is 10.5. The molecule has 170 valence electrons. The molecule has 0 radical (unpaired) electrons. The predicted molar refractivity (Wildman–Crippen MR) is 114 cm³/mol. The Bertz CT molecular complexity index is 1020. The lowest BCUT2D eigenvalue weighted by molar-refractivity contribution is -0.126. The molecule has 0 aliphatic heterocycles. The molecule has 1 aliphatic rings. The van der Waals surface area contributed by atoms with Gasteiger partial charge in [-0.25, -0.2) is 4.98 Å². The average Bonchev–Trinajstić information content (AvgIpc) is 3.45. The number of aryl methyl sites for hydroxylation is 1. The van der Waals surface area contributed by atoms with Gasteiger partial charge in [-0.3, -0.25) is 14.4 Å². The summed E-state index contributed by atoms with van der Waals surface area (Å²) in [5.74, 6) is 0.848. The van der Waals surface area contributed by atoms with Crippen LogP contribution in [-0.4, -0.2) is 49.5 Å². The van der Waals surface area contributed by atoms with E-state index in [2.05, 4.69) is 30.7 Å². The predicted octanol–water partition coefficient (Wildman–Crippen LogP) is 1.81. The van der Waals surface area contributed by atoms with E-state index < -0.39 is 0 Å². The number of aromatic amines is 1. The van der Waals surface area contributed by atoms with E-state index in [9.17, 15) is 9.59 Å². The van der Waals surface area contributed by atoms with Gasteiger partial charge in [0.15, 0.2) is 5.82 Å². The molecule has 0 bridgehead atoms. The first kappa shape index (κ1) is 22.9. The molecule has 3 aromatic rings. The second-order valence-corrected chi connectivity index (χ2v) is 7.43. The van der Waals surface area contributed by atoms with Gasteiger partial charge in [0.05, 0.1) is 6.54 Å².